The molecule has 100 valence electrons. The number of nitrogens with zero attached hydrogens (tertiary/aromatic N) is 1. The minimum absolute atomic E-state index is 0.213. The summed E-state index contributed by atoms with van der Waals surface area (Å²) < 4.78 is 27.2. The number of hydrogen-bond donors (Lipinski definition) is 0. The molecule has 1 aliphatic rings. The van der Waals surface area contributed by atoms with Gasteiger partial charge >= 0.3 is 0 Å². The maximum absolute atomic E-state index is 13.7. The number of amides is 1. The second-order valence-corrected chi connectivity index (χ2v) is 4.26. The fourth-order valence-corrected chi connectivity index (χ4v) is 2.04. The molecule has 1 amide bonds. The highest BCUT2D eigenvalue weighted by molar-refractivity contribution is 6.52. The Morgan fingerprint density at radius 3 is 2.47 bits per heavy atom. The van der Waals surface area contributed by atoms with Gasteiger partial charge in [0.25, 0.3) is 11.7 Å². The van der Waals surface area contributed by atoms with Crippen LogP contribution in [-0.4, -0.2) is 24.0 Å². The maximum atomic E-state index is 13.7. The van der Waals surface area contributed by atoms with E-state index in [1.807, 2.05) is 0 Å². The number of rotatable bonds is 4. The second kappa shape index (κ2) is 4.87. The number of hydrogen-bond acceptors (Lipinski definition) is 3. The van der Waals surface area contributed by atoms with E-state index >= 15 is 0 Å². The third-order valence-electron chi connectivity index (χ3n) is 2.88. The highest BCUT2D eigenvalue weighted by Gasteiger charge is 2.41. The molecule has 6 heteroatoms. The number of anilines is 1. The van der Waals surface area contributed by atoms with Crippen molar-refractivity contribution < 1.29 is 23.2 Å². The monoisotopic (exact) mass is 267 g/mol. The molecule has 0 saturated heterocycles. The van der Waals surface area contributed by atoms with E-state index < -0.39 is 41.1 Å². The zero-order chi connectivity index (χ0) is 14.2. The minimum Gasteiger partial charge on any atom is -0.298 e. The molecule has 0 N–H and O–H groups in total. The second-order valence-electron chi connectivity index (χ2n) is 4.26. The molecule has 1 heterocycles. The molecule has 0 bridgehead atoms. The fraction of sp³-hybridized carbons (Fsp3) is 0.308. The van der Waals surface area contributed by atoms with E-state index in [9.17, 15) is 23.2 Å². The van der Waals surface area contributed by atoms with E-state index in [1.54, 1.807) is 6.92 Å². The lowest BCUT2D eigenvalue weighted by molar-refractivity contribution is -0.120. The average Bonchev–Trinajstić information content (AvgIpc) is 2.60. The lowest BCUT2D eigenvalue weighted by Crippen LogP contribution is -2.35. The largest absolute Gasteiger partial charge is 0.300 e. The van der Waals surface area contributed by atoms with Gasteiger partial charge in [0.05, 0.1) is 17.8 Å². The van der Waals surface area contributed by atoms with Gasteiger partial charge in [0.2, 0.25) is 0 Å². The van der Waals surface area contributed by atoms with Crippen molar-refractivity contribution in [2.75, 3.05) is 11.4 Å². The van der Waals surface area contributed by atoms with Crippen LogP contribution in [-0.2, 0) is 9.59 Å². The summed E-state index contributed by atoms with van der Waals surface area (Å²) in [6.07, 6.45) is 0.789. The van der Waals surface area contributed by atoms with Gasteiger partial charge in [0.1, 0.15) is 11.6 Å². The smallest absolute Gasteiger partial charge is 0.298 e. The van der Waals surface area contributed by atoms with Crippen molar-refractivity contribution in [2.24, 2.45) is 0 Å². The fourth-order valence-electron chi connectivity index (χ4n) is 2.04. The molecule has 0 atom stereocenters. The molecule has 0 unspecified atom stereocenters. The number of benzene rings is 1. The topological polar surface area (TPSA) is 54.5 Å². The van der Waals surface area contributed by atoms with Gasteiger partial charge in [-0.1, -0.05) is 6.92 Å². The first-order chi connectivity index (χ1) is 8.97. The standard InChI is InChI=1S/C13H11F2NO3/c1-2-3-7(17)6-16-11-9(15)5-4-8(14)10(11)12(18)13(16)19/h4-5H,2-3,6H2,1H3. The summed E-state index contributed by atoms with van der Waals surface area (Å²) in [5.74, 6) is -4.33. The van der Waals surface area contributed by atoms with Crippen LogP contribution in [0.15, 0.2) is 12.1 Å². The molecular weight excluding hydrogens is 256 g/mol. The molecular formula is C13H11F2NO3. The van der Waals surface area contributed by atoms with Gasteiger partial charge in [-0.05, 0) is 18.6 Å². The summed E-state index contributed by atoms with van der Waals surface area (Å²) >= 11 is 0. The van der Waals surface area contributed by atoms with Gasteiger partial charge in [-0.25, -0.2) is 8.78 Å². The van der Waals surface area contributed by atoms with Crippen LogP contribution in [0.25, 0.3) is 0 Å². The molecule has 1 aromatic carbocycles. The summed E-state index contributed by atoms with van der Waals surface area (Å²) in [4.78, 5) is 35.6. The van der Waals surface area contributed by atoms with Crippen LogP contribution in [0.2, 0.25) is 0 Å². The van der Waals surface area contributed by atoms with Gasteiger partial charge in [0, 0.05) is 6.42 Å². The normalized spacial score (nSPS) is 13.9. The van der Waals surface area contributed by atoms with Crippen LogP contribution < -0.4 is 4.90 Å². The van der Waals surface area contributed by atoms with Crippen molar-refractivity contribution in [1.29, 1.82) is 0 Å². The molecule has 19 heavy (non-hydrogen) atoms. The predicted octanol–water partition coefficient (Wildman–Crippen LogP) is 1.86. The lowest BCUT2D eigenvalue weighted by Gasteiger charge is -2.15. The Kier molecular flexibility index (Phi) is 3.42. The lowest BCUT2D eigenvalue weighted by atomic mass is 10.1. The quantitative estimate of drug-likeness (QED) is 0.782. The first kappa shape index (κ1) is 13.3. The first-order valence-corrected chi connectivity index (χ1v) is 5.83. The molecule has 0 spiro atoms. The van der Waals surface area contributed by atoms with Crippen molar-refractivity contribution in [1.82, 2.24) is 0 Å². The van der Waals surface area contributed by atoms with Crippen molar-refractivity contribution in [3.8, 4) is 0 Å². The van der Waals surface area contributed by atoms with Crippen molar-refractivity contribution >= 4 is 23.2 Å². The van der Waals surface area contributed by atoms with E-state index in [1.165, 1.54) is 0 Å². The Bertz CT molecular complexity index is 583. The Labute approximate surface area is 108 Å². The van der Waals surface area contributed by atoms with Crippen molar-refractivity contribution in [3.63, 3.8) is 0 Å². The third kappa shape index (κ3) is 2.14. The SMILES string of the molecule is CCCC(=O)CN1C(=O)C(=O)c2c(F)ccc(F)c21. The van der Waals surface area contributed by atoms with Crippen LogP contribution in [0, 0.1) is 11.6 Å². The summed E-state index contributed by atoms with van der Waals surface area (Å²) in [6, 6.07) is 1.62. The van der Waals surface area contributed by atoms with E-state index in [0.717, 1.165) is 12.1 Å². The molecule has 1 aromatic rings. The van der Waals surface area contributed by atoms with E-state index in [0.29, 0.717) is 11.3 Å². The van der Waals surface area contributed by atoms with Crippen LogP contribution in [0.1, 0.15) is 30.1 Å². The first-order valence-electron chi connectivity index (χ1n) is 5.83. The minimum atomic E-state index is -1.11. The maximum Gasteiger partial charge on any atom is 0.300 e. The molecule has 0 aliphatic carbocycles. The van der Waals surface area contributed by atoms with Crippen LogP contribution in [0.5, 0.6) is 0 Å². The Morgan fingerprint density at radius 1 is 1.21 bits per heavy atom. The van der Waals surface area contributed by atoms with Gasteiger partial charge in [-0.15, -0.1) is 0 Å². The zero-order valence-electron chi connectivity index (χ0n) is 10.2. The molecule has 4 nitrogen and oxygen atoms in total. The number of halogens is 2. The van der Waals surface area contributed by atoms with Gasteiger partial charge in [-0.2, -0.15) is 0 Å². The summed E-state index contributed by atoms with van der Waals surface area (Å²) in [5.41, 5.74) is -1.02. The number of fused-ring (bicyclic) bond motifs is 1. The molecule has 1 aliphatic heterocycles. The molecule has 0 aromatic heterocycles. The van der Waals surface area contributed by atoms with Crippen LogP contribution >= 0.6 is 0 Å². The zero-order valence-corrected chi connectivity index (χ0v) is 10.2. The van der Waals surface area contributed by atoms with Crippen LogP contribution in [0.4, 0.5) is 14.5 Å². The number of Topliss-reactive ketones (excluding diaryl/α,β-unsaturated/α-hetero) is 2. The van der Waals surface area contributed by atoms with E-state index in [4.69, 9.17) is 0 Å². The van der Waals surface area contributed by atoms with Crippen molar-refractivity contribution in [3.05, 3.63) is 29.3 Å². The number of carbonyl (C=O) groups excluding carboxylic acids is 3. The van der Waals surface area contributed by atoms with Crippen molar-refractivity contribution in [2.45, 2.75) is 19.8 Å². The Hall–Kier alpha value is -2.11. The van der Waals surface area contributed by atoms with Gasteiger partial charge < -0.3 is 0 Å². The van der Waals surface area contributed by atoms with Gasteiger partial charge in [0.15, 0.2) is 5.78 Å². The van der Waals surface area contributed by atoms with E-state index in [2.05, 4.69) is 0 Å². The highest BCUT2D eigenvalue weighted by atomic mass is 19.1. The summed E-state index contributed by atoms with van der Waals surface area (Å²) in [6.45, 7) is 1.37. The van der Waals surface area contributed by atoms with Gasteiger partial charge in [-0.3, -0.25) is 19.3 Å². The van der Waals surface area contributed by atoms with E-state index in [-0.39, 0.29) is 12.2 Å². The third-order valence-corrected chi connectivity index (χ3v) is 2.88. The Balaban J connectivity index is 2.44. The average molecular weight is 267 g/mol. The van der Waals surface area contributed by atoms with Crippen LogP contribution in [0.3, 0.4) is 0 Å². The molecule has 0 saturated carbocycles. The molecule has 0 fully saturated rings. The number of carbonyl (C=O) groups is 3. The molecule has 2 rings (SSSR count). The summed E-state index contributed by atoms with van der Waals surface area (Å²) in [7, 11) is 0. The highest BCUT2D eigenvalue weighted by Crippen LogP contribution is 2.33. The summed E-state index contributed by atoms with van der Waals surface area (Å²) in [5, 5.41) is 0. The molecule has 0 radical (unpaired) electrons. The predicted molar refractivity (Wildman–Crippen MR) is 63.0 cm³/mol. The Morgan fingerprint density at radius 2 is 1.84 bits per heavy atom. The number of ketones is 2.